The lowest BCUT2D eigenvalue weighted by atomic mass is 10.1. The molecule has 156 valence electrons. The second-order valence-corrected chi connectivity index (χ2v) is 7.21. The molecule has 3 rings (SSSR count). The van der Waals surface area contributed by atoms with E-state index in [9.17, 15) is 4.79 Å². The summed E-state index contributed by atoms with van der Waals surface area (Å²) in [6.07, 6.45) is 0. The lowest BCUT2D eigenvalue weighted by Gasteiger charge is -2.06. The van der Waals surface area contributed by atoms with E-state index in [1.165, 1.54) is 16.4 Å². The SMILES string of the molecule is COc1cccc(/C(C)=N/Nc2nnc(SCC(=O)NCc3ccccc3)n2N)c1. The molecule has 9 nitrogen and oxygen atoms in total. The summed E-state index contributed by atoms with van der Waals surface area (Å²) in [5.74, 6) is 7.08. The number of hydrogen-bond donors (Lipinski definition) is 3. The molecule has 0 aliphatic heterocycles. The Balaban J connectivity index is 1.53. The average Bonchev–Trinajstić information content (AvgIpc) is 3.14. The van der Waals surface area contributed by atoms with Crippen molar-refractivity contribution in [1.29, 1.82) is 0 Å². The van der Waals surface area contributed by atoms with Gasteiger partial charge in [0, 0.05) is 12.1 Å². The molecule has 2 aromatic carbocycles. The zero-order chi connectivity index (χ0) is 21.3. The highest BCUT2D eigenvalue weighted by Gasteiger charge is 2.12. The van der Waals surface area contributed by atoms with Crippen LogP contribution in [0.4, 0.5) is 5.95 Å². The molecule has 4 N–H and O–H groups in total. The van der Waals surface area contributed by atoms with Gasteiger partial charge < -0.3 is 15.9 Å². The van der Waals surface area contributed by atoms with Gasteiger partial charge in [-0.1, -0.05) is 54.2 Å². The topological polar surface area (TPSA) is 119 Å². The number of nitrogens with zero attached hydrogens (tertiary/aromatic N) is 4. The van der Waals surface area contributed by atoms with E-state index in [2.05, 4.69) is 26.0 Å². The Morgan fingerprint density at radius 3 is 2.77 bits per heavy atom. The second-order valence-electron chi connectivity index (χ2n) is 6.27. The van der Waals surface area contributed by atoms with Gasteiger partial charge in [0.05, 0.1) is 18.6 Å². The van der Waals surface area contributed by atoms with Crippen LogP contribution in [0.1, 0.15) is 18.1 Å². The normalized spacial score (nSPS) is 11.2. The molecule has 1 heterocycles. The van der Waals surface area contributed by atoms with Crippen molar-refractivity contribution in [3.05, 3.63) is 65.7 Å². The van der Waals surface area contributed by atoms with E-state index >= 15 is 0 Å². The van der Waals surface area contributed by atoms with E-state index in [1.807, 2.05) is 61.5 Å². The number of hydrazone groups is 1. The monoisotopic (exact) mass is 425 g/mol. The molecule has 0 aliphatic rings. The summed E-state index contributed by atoms with van der Waals surface area (Å²) in [4.78, 5) is 12.1. The number of rotatable bonds is 9. The van der Waals surface area contributed by atoms with E-state index < -0.39 is 0 Å². The maximum Gasteiger partial charge on any atom is 0.264 e. The van der Waals surface area contributed by atoms with Crippen LogP contribution in [0, 0.1) is 0 Å². The third-order valence-electron chi connectivity index (χ3n) is 4.14. The van der Waals surface area contributed by atoms with Crippen LogP contribution in [0.2, 0.25) is 0 Å². The highest BCUT2D eigenvalue weighted by molar-refractivity contribution is 7.99. The summed E-state index contributed by atoms with van der Waals surface area (Å²) in [7, 11) is 1.61. The summed E-state index contributed by atoms with van der Waals surface area (Å²) < 4.78 is 6.48. The van der Waals surface area contributed by atoms with Crippen LogP contribution in [0.3, 0.4) is 0 Å². The molecule has 0 radical (unpaired) electrons. The van der Waals surface area contributed by atoms with E-state index in [0.717, 1.165) is 22.6 Å². The first-order chi connectivity index (χ1) is 14.6. The quantitative estimate of drug-likeness (QED) is 0.208. The Kier molecular flexibility index (Phi) is 7.28. The highest BCUT2D eigenvalue weighted by Crippen LogP contribution is 2.17. The minimum absolute atomic E-state index is 0.117. The Hall–Kier alpha value is -3.53. The summed E-state index contributed by atoms with van der Waals surface area (Å²) in [5, 5.41) is 15.5. The van der Waals surface area contributed by atoms with E-state index in [1.54, 1.807) is 7.11 Å². The summed E-state index contributed by atoms with van der Waals surface area (Å²) in [5.41, 5.74) is 5.46. The number of nitrogens with one attached hydrogen (secondary N) is 2. The number of aromatic nitrogens is 3. The second kappa shape index (κ2) is 10.3. The molecule has 0 unspecified atom stereocenters. The van der Waals surface area contributed by atoms with Crippen LogP contribution >= 0.6 is 11.8 Å². The minimum atomic E-state index is -0.117. The van der Waals surface area contributed by atoms with Crippen LogP contribution in [0.5, 0.6) is 5.75 Å². The molecule has 0 atom stereocenters. The Morgan fingerprint density at radius 1 is 1.20 bits per heavy atom. The number of hydrogen-bond acceptors (Lipinski definition) is 8. The van der Waals surface area contributed by atoms with Crippen LogP contribution in [-0.4, -0.2) is 39.4 Å². The highest BCUT2D eigenvalue weighted by atomic mass is 32.2. The molecule has 30 heavy (non-hydrogen) atoms. The number of methoxy groups -OCH3 is 1. The number of benzene rings is 2. The molecule has 10 heteroatoms. The van der Waals surface area contributed by atoms with Gasteiger partial charge in [-0.15, -0.1) is 10.2 Å². The molecule has 3 aromatic rings. The molecular formula is C20H23N7O2S. The molecule has 1 aromatic heterocycles. The van der Waals surface area contributed by atoms with Crippen molar-refractivity contribution in [3.8, 4) is 5.75 Å². The summed E-state index contributed by atoms with van der Waals surface area (Å²) >= 11 is 1.19. The molecule has 1 amide bonds. The maximum absolute atomic E-state index is 12.1. The third-order valence-corrected chi connectivity index (χ3v) is 5.08. The van der Waals surface area contributed by atoms with Crippen molar-refractivity contribution in [2.75, 3.05) is 24.1 Å². The number of nitrogen functional groups attached to an aromatic ring is 1. The van der Waals surface area contributed by atoms with E-state index in [0.29, 0.717) is 11.7 Å². The molecule has 0 saturated heterocycles. The van der Waals surface area contributed by atoms with Crippen LogP contribution in [0.15, 0.2) is 64.9 Å². The first-order valence-corrected chi connectivity index (χ1v) is 10.1. The molecule has 0 fully saturated rings. The molecule has 0 spiro atoms. The number of amides is 1. The Morgan fingerprint density at radius 2 is 2.00 bits per heavy atom. The van der Waals surface area contributed by atoms with Crippen molar-refractivity contribution in [2.45, 2.75) is 18.6 Å². The number of carbonyl (C=O) groups excluding carboxylic acids is 1. The van der Waals surface area contributed by atoms with Crippen LogP contribution in [0.25, 0.3) is 0 Å². The van der Waals surface area contributed by atoms with Crippen molar-refractivity contribution in [1.82, 2.24) is 20.2 Å². The first kappa shape index (κ1) is 21.2. The van der Waals surface area contributed by atoms with Gasteiger partial charge in [-0.05, 0) is 24.6 Å². The maximum atomic E-state index is 12.1. The van der Waals surface area contributed by atoms with Gasteiger partial charge in [-0.2, -0.15) is 5.10 Å². The fourth-order valence-electron chi connectivity index (χ4n) is 2.48. The number of nitrogens with two attached hydrogens (primary N) is 1. The number of anilines is 1. The van der Waals surface area contributed by atoms with Gasteiger partial charge in [0.25, 0.3) is 5.95 Å². The summed E-state index contributed by atoms with van der Waals surface area (Å²) in [6.45, 7) is 2.33. The Labute approximate surface area is 178 Å². The van der Waals surface area contributed by atoms with Crippen molar-refractivity contribution in [2.24, 2.45) is 5.10 Å². The van der Waals surface area contributed by atoms with Crippen molar-refractivity contribution >= 4 is 29.3 Å². The minimum Gasteiger partial charge on any atom is -0.497 e. The van der Waals surface area contributed by atoms with Gasteiger partial charge in [-0.25, -0.2) is 10.1 Å². The lowest BCUT2D eigenvalue weighted by molar-refractivity contribution is -0.118. The van der Waals surface area contributed by atoms with Crippen LogP contribution < -0.4 is 21.3 Å². The smallest absolute Gasteiger partial charge is 0.264 e. The van der Waals surface area contributed by atoms with Gasteiger partial charge in [-0.3, -0.25) is 4.79 Å². The molecule has 0 saturated carbocycles. The van der Waals surface area contributed by atoms with Crippen molar-refractivity contribution < 1.29 is 9.53 Å². The first-order valence-electron chi connectivity index (χ1n) is 9.15. The third kappa shape index (κ3) is 5.74. The zero-order valence-corrected chi connectivity index (χ0v) is 17.5. The molecule has 0 aliphatic carbocycles. The predicted molar refractivity (Wildman–Crippen MR) is 118 cm³/mol. The number of carbonyl (C=O) groups is 1. The largest absolute Gasteiger partial charge is 0.497 e. The van der Waals surface area contributed by atoms with Gasteiger partial charge >= 0.3 is 0 Å². The zero-order valence-electron chi connectivity index (χ0n) is 16.7. The average molecular weight is 426 g/mol. The fourth-order valence-corrected chi connectivity index (χ4v) is 3.16. The standard InChI is InChI=1S/C20H23N7O2S/c1-14(16-9-6-10-17(11-16)29-2)23-24-19-25-26-20(27(19)21)30-13-18(28)22-12-15-7-4-3-5-8-15/h3-11H,12-13,21H2,1-2H3,(H,22,28)(H,24,25)/b23-14+. The van der Waals surface area contributed by atoms with E-state index in [-0.39, 0.29) is 17.6 Å². The lowest BCUT2D eigenvalue weighted by Crippen LogP contribution is -2.25. The molecule has 0 bridgehead atoms. The summed E-state index contributed by atoms with van der Waals surface area (Å²) in [6, 6.07) is 17.3. The number of thioether (sulfide) groups is 1. The predicted octanol–water partition coefficient (Wildman–Crippen LogP) is 2.25. The van der Waals surface area contributed by atoms with E-state index in [4.69, 9.17) is 10.6 Å². The Bertz CT molecular complexity index is 1020. The van der Waals surface area contributed by atoms with Gasteiger partial charge in [0.2, 0.25) is 11.1 Å². The van der Waals surface area contributed by atoms with Crippen LogP contribution in [-0.2, 0) is 11.3 Å². The number of ether oxygens (including phenoxy) is 1. The van der Waals surface area contributed by atoms with Gasteiger partial charge in [0.15, 0.2) is 0 Å². The fraction of sp³-hybridized carbons (Fsp3) is 0.200. The van der Waals surface area contributed by atoms with Crippen molar-refractivity contribution in [3.63, 3.8) is 0 Å². The van der Waals surface area contributed by atoms with Gasteiger partial charge in [0.1, 0.15) is 5.75 Å². The molecular weight excluding hydrogens is 402 g/mol.